The predicted octanol–water partition coefficient (Wildman–Crippen LogP) is 3.09. The van der Waals surface area contributed by atoms with Crippen molar-refractivity contribution in [2.45, 2.75) is 24.7 Å². The number of benzene rings is 1. The Kier molecular flexibility index (Phi) is 2.54. The summed E-state index contributed by atoms with van der Waals surface area (Å²) in [6, 6.07) is 4.56. The van der Waals surface area contributed by atoms with Crippen LogP contribution in [0.15, 0.2) is 22.7 Å². The fourth-order valence-corrected chi connectivity index (χ4v) is 2.34. The molecule has 1 saturated carbocycles. The molecule has 0 radical (unpaired) electrons. The number of carboxylic acid groups (broad SMARTS) is 1. The van der Waals surface area contributed by atoms with E-state index in [2.05, 4.69) is 15.9 Å². The molecule has 2 rings (SSSR count). The maximum atomic E-state index is 13.6. The highest BCUT2D eigenvalue weighted by Crippen LogP contribution is 2.45. The summed E-state index contributed by atoms with van der Waals surface area (Å²) in [5.74, 6) is -1.36. The van der Waals surface area contributed by atoms with Crippen LogP contribution >= 0.6 is 15.9 Å². The topological polar surface area (TPSA) is 37.3 Å². The van der Waals surface area contributed by atoms with E-state index < -0.39 is 17.2 Å². The minimum atomic E-state index is -0.981. The van der Waals surface area contributed by atoms with Crippen molar-refractivity contribution in [1.29, 1.82) is 0 Å². The smallest absolute Gasteiger partial charge is 0.314 e. The maximum absolute atomic E-state index is 13.6. The van der Waals surface area contributed by atoms with Gasteiger partial charge in [0.05, 0.1) is 5.41 Å². The molecule has 0 saturated heterocycles. The summed E-state index contributed by atoms with van der Waals surface area (Å²) in [4.78, 5) is 11.2. The Morgan fingerprint density at radius 2 is 2.13 bits per heavy atom. The van der Waals surface area contributed by atoms with Crippen LogP contribution in [0.2, 0.25) is 0 Å². The summed E-state index contributed by atoms with van der Waals surface area (Å²) in [6.45, 7) is 0. The molecule has 0 amide bonds. The number of rotatable bonds is 2. The van der Waals surface area contributed by atoms with Crippen LogP contribution in [0.5, 0.6) is 0 Å². The lowest BCUT2D eigenvalue weighted by molar-refractivity contribution is -0.147. The van der Waals surface area contributed by atoms with Crippen molar-refractivity contribution < 1.29 is 14.3 Å². The monoisotopic (exact) mass is 272 g/mol. The number of carboxylic acids is 1. The molecule has 0 unspecified atom stereocenters. The van der Waals surface area contributed by atoms with Crippen LogP contribution in [0, 0.1) is 5.82 Å². The van der Waals surface area contributed by atoms with Crippen LogP contribution in [0.3, 0.4) is 0 Å². The molecule has 1 aliphatic rings. The molecule has 4 heteroatoms. The van der Waals surface area contributed by atoms with Gasteiger partial charge in [0.15, 0.2) is 0 Å². The van der Waals surface area contributed by atoms with Crippen LogP contribution in [0.1, 0.15) is 24.8 Å². The van der Waals surface area contributed by atoms with Crippen molar-refractivity contribution in [3.05, 3.63) is 34.1 Å². The third-order valence-corrected chi connectivity index (χ3v) is 3.56. The second-order valence-corrected chi connectivity index (χ2v) is 4.78. The van der Waals surface area contributed by atoms with Crippen LogP contribution in [-0.2, 0) is 10.2 Å². The van der Waals surface area contributed by atoms with Gasteiger partial charge in [-0.05, 0) is 25.0 Å². The SMILES string of the molecule is O=C(O)C1(c2ccc(Br)cc2F)CCC1. The molecule has 2 nitrogen and oxygen atoms in total. The Labute approximate surface area is 95.2 Å². The second kappa shape index (κ2) is 3.59. The van der Waals surface area contributed by atoms with Gasteiger partial charge < -0.3 is 5.11 Å². The molecule has 1 aromatic carbocycles. The molecule has 15 heavy (non-hydrogen) atoms. The third-order valence-electron chi connectivity index (χ3n) is 3.06. The summed E-state index contributed by atoms with van der Waals surface area (Å²) < 4.78 is 14.3. The number of carbonyl (C=O) groups is 1. The number of halogens is 2. The van der Waals surface area contributed by atoms with Gasteiger partial charge in [-0.25, -0.2) is 4.39 Å². The van der Waals surface area contributed by atoms with Gasteiger partial charge >= 0.3 is 5.97 Å². The molecular weight excluding hydrogens is 263 g/mol. The minimum Gasteiger partial charge on any atom is -0.481 e. The minimum absolute atomic E-state index is 0.310. The zero-order valence-electron chi connectivity index (χ0n) is 7.96. The van der Waals surface area contributed by atoms with Crippen molar-refractivity contribution in [2.24, 2.45) is 0 Å². The van der Waals surface area contributed by atoms with E-state index in [1.54, 1.807) is 12.1 Å². The number of aliphatic carboxylic acids is 1. The van der Waals surface area contributed by atoms with E-state index in [9.17, 15) is 9.18 Å². The van der Waals surface area contributed by atoms with Crippen molar-refractivity contribution in [3.63, 3.8) is 0 Å². The van der Waals surface area contributed by atoms with Gasteiger partial charge in [-0.3, -0.25) is 4.79 Å². The maximum Gasteiger partial charge on any atom is 0.314 e. The Morgan fingerprint density at radius 3 is 2.53 bits per heavy atom. The lowest BCUT2D eigenvalue weighted by Gasteiger charge is -2.38. The summed E-state index contributed by atoms with van der Waals surface area (Å²) in [5, 5.41) is 9.15. The highest BCUT2D eigenvalue weighted by molar-refractivity contribution is 9.10. The molecule has 80 valence electrons. The third kappa shape index (κ3) is 1.57. The van der Waals surface area contributed by atoms with E-state index in [-0.39, 0.29) is 0 Å². The average molecular weight is 273 g/mol. The Morgan fingerprint density at radius 1 is 1.47 bits per heavy atom. The van der Waals surface area contributed by atoms with Crippen LogP contribution in [0.4, 0.5) is 4.39 Å². The lowest BCUT2D eigenvalue weighted by Crippen LogP contribution is -2.43. The number of hydrogen-bond donors (Lipinski definition) is 1. The van der Waals surface area contributed by atoms with Gasteiger partial charge in [0.1, 0.15) is 5.82 Å². The Hall–Kier alpha value is -0.900. The predicted molar refractivity (Wildman–Crippen MR) is 57.3 cm³/mol. The molecule has 1 aromatic rings. The van der Waals surface area contributed by atoms with Crippen molar-refractivity contribution in [1.82, 2.24) is 0 Å². The zero-order chi connectivity index (χ0) is 11.1. The van der Waals surface area contributed by atoms with Crippen molar-refractivity contribution in [3.8, 4) is 0 Å². The summed E-state index contributed by atoms with van der Waals surface area (Å²) in [5.41, 5.74) is -0.672. The van der Waals surface area contributed by atoms with Gasteiger partial charge in [-0.15, -0.1) is 0 Å². The quantitative estimate of drug-likeness (QED) is 0.899. The molecule has 0 aliphatic heterocycles. The van der Waals surface area contributed by atoms with E-state index in [1.165, 1.54) is 6.07 Å². The molecule has 0 spiro atoms. The highest BCUT2D eigenvalue weighted by Gasteiger charge is 2.47. The highest BCUT2D eigenvalue weighted by atomic mass is 79.9. The second-order valence-electron chi connectivity index (χ2n) is 3.86. The van der Waals surface area contributed by atoms with Gasteiger partial charge in [0, 0.05) is 10.0 Å². The Bertz CT molecular complexity index is 413. The van der Waals surface area contributed by atoms with Crippen LogP contribution < -0.4 is 0 Å². The first-order chi connectivity index (χ1) is 7.06. The summed E-state index contributed by atoms with van der Waals surface area (Å²) in [6.07, 6.45) is 1.91. The standard InChI is InChI=1S/C11H10BrFO2/c12-7-2-3-8(9(13)6-7)11(10(14)15)4-1-5-11/h2-3,6H,1,4-5H2,(H,14,15). The normalized spacial score (nSPS) is 18.3. The molecule has 0 atom stereocenters. The molecular formula is C11H10BrFO2. The molecule has 1 fully saturated rings. The fraction of sp³-hybridized carbons (Fsp3) is 0.364. The van der Waals surface area contributed by atoms with Gasteiger partial charge in [-0.1, -0.05) is 28.4 Å². The molecule has 1 aliphatic carbocycles. The van der Waals surface area contributed by atoms with Gasteiger partial charge in [-0.2, -0.15) is 0 Å². The van der Waals surface area contributed by atoms with Gasteiger partial charge in [0.25, 0.3) is 0 Å². The van der Waals surface area contributed by atoms with Crippen molar-refractivity contribution >= 4 is 21.9 Å². The molecule has 0 bridgehead atoms. The van der Waals surface area contributed by atoms with E-state index in [0.29, 0.717) is 22.9 Å². The first kappa shape index (κ1) is 10.6. The number of hydrogen-bond acceptors (Lipinski definition) is 1. The first-order valence-electron chi connectivity index (χ1n) is 4.75. The van der Waals surface area contributed by atoms with Crippen LogP contribution in [-0.4, -0.2) is 11.1 Å². The van der Waals surface area contributed by atoms with E-state index >= 15 is 0 Å². The molecule has 1 N–H and O–H groups in total. The van der Waals surface area contributed by atoms with E-state index in [0.717, 1.165) is 6.42 Å². The van der Waals surface area contributed by atoms with Gasteiger partial charge in [0.2, 0.25) is 0 Å². The van der Waals surface area contributed by atoms with E-state index in [1.807, 2.05) is 0 Å². The largest absolute Gasteiger partial charge is 0.481 e. The lowest BCUT2D eigenvalue weighted by atomic mass is 9.64. The zero-order valence-corrected chi connectivity index (χ0v) is 9.55. The average Bonchev–Trinajstić information content (AvgIpc) is 2.05. The summed E-state index contributed by atoms with van der Waals surface area (Å²) in [7, 11) is 0. The first-order valence-corrected chi connectivity index (χ1v) is 5.54. The van der Waals surface area contributed by atoms with Crippen LogP contribution in [0.25, 0.3) is 0 Å². The molecule has 0 heterocycles. The molecule has 0 aromatic heterocycles. The Balaban J connectivity index is 2.48. The van der Waals surface area contributed by atoms with E-state index in [4.69, 9.17) is 5.11 Å². The fourth-order valence-electron chi connectivity index (χ4n) is 2.01. The van der Waals surface area contributed by atoms with Crippen molar-refractivity contribution in [2.75, 3.05) is 0 Å². The summed E-state index contributed by atoms with van der Waals surface area (Å²) >= 11 is 3.15.